The Balaban J connectivity index is 1.20. The molecule has 9 heteroatoms. The monoisotopic (exact) mass is 530 g/mol. The van der Waals surface area contributed by atoms with Crippen LogP contribution in [0.25, 0.3) is 5.69 Å². The van der Waals surface area contributed by atoms with E-state index < -0.39 is 0 Å². The molecule has 1 atom stereocenters. The molecule has 39 heavy (non-hydrogen) atoms. The molecule has 1 unspecified atom stereocenters. The predicted octanol–water partition coefficient (Wildman–Crippen LogP) is 4.81. The van der Waals surface area contributed by atoms with Crippen LogP contribution in [-0.2, 0) is 14.9 Å². The minimum atomic E-state index is -0.334. The molecule has 3 aromatic rings. The molecular formula is C30H38N6O3. The summed E-state index contributed by atoms with van der Waals surface area (Å²) in [7, 11) is 0. The Kier molecular flexibility index (Phi) is 7.61. The van der Waals surface area contributed by atoms with Gasteiger partial charge in [-0.3, -0.25) is 10.1 Å². The van der Waals surface area contributed by atoms with E-state index in [0.29, 0.717) is 37.8 Å². The Bertz CT molecular complexity index is 1300. The molecule has 5 rings (SSSR count). The number of rotatable bonds is 5. The van der Waals surface area contributed by atoms with Gasteiger partial charge in [0.1, 0.15) is 5.82 Å². The third-order valence-electron chi connectivity index (χ3n) is 7.36. The van der Waals surface area contributed by atoms with Crippen LogP contribution in [0.2, 0.25) is 0 Å². The van der Waals surface area contributed by atoms with Gasteiger partial charge in [0.15, 0.2) is 0 Å². The summed E-state index contributed by atoms with van der Waals surface area (Å²) in [5.41, 5.74) is 4.54. The molecule has 2 fully saturated rings. The lowest BCUT2D eigenvalue weighted by Gasteiger charge is -2.37. The van der Waals surface area contributed by atoms with Crippen molar-refractivity contribution < 1.29 is 14.3 Å². The van der Waals surface area contributed by atoms with E-state index >= 15 is 0 Å². The van der Waals surface area contributed by atoms with E-state index in [0.717, 1.165) is 42.1 Å². The van der Waals surface area contributed by atoms with Crippen LogP contribution < -0.4 is 15.5 Å². The molecule has 2 aromatic carbocycles. The van der Waals surface area contributed by atoms with Gasteiger partial charge in [-0.1, -0.05) is 38.5 Å². The zero-order chi connectivity index (χ0) is 27.6. The second-order valence-corrected chi connectivity index (χ2v) is 11.4. The van der Waals surface area contributed by atoms with Crippen molar-refractivity contribution in [2.45, 2.75) is 39.5 Å². The number of nitrogens with one attached hydrogen (secondary N) is 2. The number of carbonyl (C=O) groups is 2. The minimum Gasteiger partial charge on any atom is -0.381 e. The first-order chi connectivity index (χ1) is 18.7. The molecule has 2 N–H and O–H groups in total. The first kappa shape index (κ1) is 26.7. The number of amides is 3. The average Bonchev–Trinajstić information content (AvgIpc) is 3.60. The predicted molar refractivity (Wildman–Crippen MR) is 154 cm³/mol. The van der Waals surface area contributed by atoms with Crippen molar-refractivity contribution in [3.8, 4) is 5.69 Å². The van der Waals surface area contributed by atoms with Crippen LogP contribution in [-0.4, -0.2) is 66.0 Å². The zero-order valence-corrected chi connectivity index (χ0v) is 23.2. The summed E-state index contributed by atoms with van der Waals surface area (Å²) >= 11 is 0. The highest BCUT2D eigenvalue weighted by Gasteiger charge is 2.30. The third-order valence-corrected chi connectivity index (χ3v) is 7.36. The fourth-order valence-electron chi connectivity index (χ4n) is 4.93. The highest BCUT2D eigenvalue weighted by atomic mass is 16.5. The van der Waals surface area contributed by atoms with Gasteiger partial charge in [-0.05, 0) is 49.7 Å². The highest BCUT2D eigenvalue weighted by Crippen LogP contribution is 2.27. The number of hydrogen-bond acceptors (Lipinski definition) is 5. The van der Waals surface area contributed by atoms with E-state index in [1.54, 1.807) is 4.68 Å². The maximum absolute atomic E-state index is 13.0. The van der Waals surface area contributed by atoms with Crippen LogP contribution in [0.5, 0.6) is 0 Å². The van der Waals surface area contributed by atoms with E-state index in [2.05, 4.69) is 36.3 Å². The molecule has 0 spiro atoms. The molecule has 9 nitrogen and oxygen atoms in total. The summed E-state index contributed by atoms with van der Waals surface area (Å²) in [6, 6.07) is 17.5. The first-order valence-corrected chi connectivity index (χ1v) is 13.6. The largest absolute Gasteiger partial charge is 0.381 e. The number of benzene rings is 2. The lowest BCUT2D eigenvalue weighted by molar-refractivity contribution is -0.135. The van der Waals surface area contributed by atoms with Gasteiger partial charge in [-0.2, -0.15) is 5.10 Å². The number of aromatic nitrogens is 2. The minimum absolute atomic E-state index is 0.0173. The smallest absolute Gasteiger partial charge is 0.324 e. The van der Waals surface area contributed by atoms with Gasteiger partial charge in [0.05, 0.1) is 23.9 Å². The maximum Gasteiger partial charge on any atom is 0.324 e. The molecule has 3 heterocycles. The Labute approximate surface area is 230 Å². The average molecular weight is 531 g/mol. The van der Waals surface area contributed by atoms with Crippen molar-refractivity contribution in [1.82, 2.24) is 14.7 Å². The second kappa shape index (κ2) is 11.1. The number of nitrogens with zero attached hydrogens (tertiary/aromatic N) is 4. The fraction of sp³-hybridized carbons (Fsp3) is 0.433. The van der Waals surface area contributed by atoms with Crippen molar-refractivity contribution in [3.05, 3.63) is 65.9 Å². The Morgan fingerprint density at radius 2 is 1.59 bits per heavy atom. The van der Waals surface area contributed by atoms with Crippen molar-refractivity contribution in [2.75, 3.05) is 54.9 Å². The van der Waals surface area contributed by atoms with Crippen LogP contribution in [0, 0.1) is 12.8 Å². The lowest BCUT2D eigenvalue weighted by atomic mass is 9.92. The Morgan fingerprint density at radius 3 is 2.21 bits per heavy atom. The van der Waals surface area contributed by atoms with Gasteiger partial charge < -0.3 is 19.9 Å². The number of piperazine rings is 1. The SMILES string of the molecule is Cc1ccc(-n2nc(C(C)(C)C)cc2NC(=O)Nc2ccc(N3CCN(C(=O)C4CCOC4)CC3)cc2)cc1. The summed E-state index contributed by atoms with van der Waals surface area (Å²) in [5.74, 6) is 0.842. The van der Waals surface area contributed by atoms with Crippen molar-refractivity contribution >= 4 is 29.1 Å². The molecule has 0 aliphatic carbocycles. The molecule has 2 saturated heterocycles. The lowest BCUT2D eigenvalue weighted by Crippen LogP contribution is -2.50. The number of aryl methyl sites for hydroxylation is 1. The van der Waals surface area contributed by atoms with Crippen LogP contribution in [0.15, 0.2) is 54.6 Å². The molecule has 0 radical (unpaired) electrons. The third kappa shape index (κ3) is 6.25. The van der Waals surface area contributed by atoms with E-state index in [9.17, 15) is 9.59 Å². The zero-order valence-electron chi connectivity index (χ0n) is 23.2. The van der Waals surface area contributed by atoms with Gasteiger partial charge in [-0.15, -0.1) is 0 Å². The number of urea groups is 1. The van der Waals surface area contributed by atoms with E-state index in [-0.39, 0.29) is 23.3 Å². The fourth-order valence-corrected chi connectivity index (χ4v) is 4.93. The summed E-state index contributed by atoms with van der Waals surface area (Å²) in [4.78, 5) is 29.8. The molecule has 2 aliphatic rings. The molecule has 2 aliphatic heterocycles. The van der Waals surface area contributed by atoms with E-state index in [1.807, 2.05) is 66.4 Å². The molecule has 3 amide bonds. The quantitative estimate of drug-likeness (QED) is 0.494. The topological polar surface area (TPSA) is 91.7 Å². The number of hydrogen-bond donors (Lipinski definition) is 2. The summed E-state index contributed by atoms with van der Waals surface area (Å²) in [6.45, 7) is 12.6. The molecule has 0 bridgehead atoms. The van der Waals surface area contributed by atoms with Crippen LogP contribution >= 0.6 is 0 Å². The van der Waals surface area contributed by atoms with Gasteiger partial charge in [-0.25, -0.2) is 9.48 Å². The molecular weight excluding hydrogens is 492 g/mol. The number of ether oxygens (including phenoxy) is 1. The Morgan fingerprint density at radius 1 is 0.923 bits per heavy atom. The normalized spacial score (nSPS) is 17.8. The highest BCUT2D eigenvalue weighted by molar-refractivity contribution is 5.99. The van der Waals surface area contributed by atoms with Crippen molar-refractivity contribution in [3.63, 3.8) is 0 Å². The van der Waals surface area contributed by atoms with Gasteiger partial charge in [0.2, 0.25) is 5.91 Å². The van der Waals surface area contributed by atoms with Gasteiger partial charge >= 0.3 is 6.03 Å². The van der Waals surface area contributed by atoms with Crippen LogP contribution in [0.4, 0.5) is 22.0 Å². The number of anilines is 3. The second-order valence-electron chi connectivity index (χ2n) is 11.4. The van der Waals surface area contributed by atoms with Crippen LogP contribution in [0.3, 0.4) is 0 Å². The first-order valence-electron chi connectivity index (χ1n) is 13.6. The molecule has 0 saturated carbocycles. The Hall–Kier alpha value is -3.85. The van der Waals surface area contributed by atoms with Gasteiger partial charge in [0, 0.05) is 55.6 Å². The summed E-state index contributed by atoms with van der Waals surface area (Å²) in [6.07, 6.45) is 0.827. The standard InChI is InChI=1S/C30H38N6O3/c1-21-5-9-25(10-6-21)36-27(19-26(33-36)30(2,3)4)32-29(38)31-23-7-11-24(12-8-23)34-14-16-35(17-15-34)28(37)22-13-18-39-20-22/h5-12,19,22H,13-18,20H2,1-4H3,(H2,31,32,38). The van der Waals surface area contributed by atoms with Crippen molar-refractivity contribution in [1.29, 1.82) is 0 Å². The summed E-state index contributed by atoms with van der Waals surface area (Å²) in [5, 5.41) is 10.7. The van der Waals surface area contributed by atoms with Crippen LogP contribution in [0.1, 0.15) is 38.4 Å². The molecule has 206 valence electrons. The molecule has 1 aromatic heterocycles. The van der Waals surface area contributed by atoms with Gasteiger partial charge in [0.25, 0.3) is 0 Å². The van der Waals surface area contributed by atoms with Crippen molar-refractivity contribution in [2.24, 2.45) is 5.92 Å². The summed E-state index contributed by atoms with van der Waals surface area (Å²) < 4.78 is 7.15. The number of carbonyl (C=O) groups excluding carboxylic acids is 2. The maximum atomic E-state index is 13.0. The van der Waals surface area contributed by atoms with E-state index in [1.165, 1.54) is 0 Å². The van der Waals surface area contributed by atoms with E-state index in [4.69, 9.17) is 9.84 Å².